The Balaban J connectivity index is 2.29. The number of hydrogen-bond donors (Lipinski definition) is 2. The summed E-state index contributed by atoms with van der Waals surface area (Å²) < 4.78 is 0. The zero-order valence-corrected chi connectivity index (χ0v) is 7.48. The Morgan fingerprint density at radius 2 is 2.31 bits per heavy atom. The topological polar surface area (TPSA) is 59.1 Å². The van der Waals surface area contributed by atoms with Gasteiger partial charge in [0.15, 0.2) is 0 Å². The molecule has 1 heterocycles. The molecule has 2 unspecified atom stereocenters. The average molecular weight is 178 g/mol. The Hall–Kier alpha value is -1.09. The summed E-state index contributed by atoms with van der Waals surface area (Å²) in [4.78, 5) is 4.18. The van der Waals surface area contributed by atoms with Crippen molar-refractivity contribution in [1.82, 2.24) is 4.98 Å². The van der Waals surface area contributed by atoms with Gasteiger partial charge in [0.2, 0.25) is 0 Å². The van der Waals surface area contributed by atoms with Crippen LogP contribution in [0.1, 0.15) is 30.9 Å². The minimum atomic E-state index is 0.167. The number of aromatic nitrogens is 1. The Kier molecular flexibility index (Phi) is 2.19. The first-order chi connectivity index (χ1) is 6.29. The van der Waals surface area contributed by atoms with Crippen molar-refractivity contribution in [1.29, 1.82) is 0 Å². The van der Waals surface area contributed by atoms with Gasteiger partial charge < -0.3 is 10.8 Å². The molecule has 0 spiro atoms. The maximum Gasteiger partial charge on any atom is 0.137 e. The normalized spacial score (nSPS) is 27.8. The molecule has 0 aliphatic heterocycles. The molecule has 1 fully saturated rings. The first-order valence-corrected chi connectivity index (χ1v) is 4.68. The molecule has 3 heteroatoms. The summed E-state index contributed by atoms with van der Waals surface area (Å²) in [6, 6.07) is 3.58. The van der Waals surface area contributed by atoms with E-state index < -0.39 is 0 Å². The van der Waals surface area contributed by atoms with Crippen LogP contribution in [0.5, 0.6) is 5.75 Å². The third-order valence-electron chi connectivity index (χ3n) is 2.74. The second kappa shape index (κ2) is 3.34. The fourth-order valence-electron chi connectivity index (χ4n) is 2.02. The van der Waals surface area contributed by atoms with Crippen LogP contribution in [0.3, 0.4) is 0 Å². The van der Waals surface area contributed by atoms with E-state index in [2.05, 4.69) is 4.98 Å². The van der Waals surface area contributed by atoms with Crippen molar-refractivity contribution in [2.45, 2.75) is 31.2 Å². The first-order valence-electron chi connectivity index (χ1n) is 4.68. The molecular formula is C10H14N2O. The van der Waals surface area contributed by atoms with Gasteiger partial charge in [-0.05, 0) is 25.0 Å². The fourth-order valence-corrected chi connectivity index (χ4v) is 2.02. The van der Waals surface area contributed by atoms with Crippen LogP contribution in [-0.2, 0) is 0 Å². The van der Waals surface area contributed by atoms with Crippen LogP contribution in [0, 0.1) is 0 Å². The van der Waals surface area contributed by atoms with Crippen molar-refractivity contribution in [3.8, 4) is 5.75 Å². The van der Waals surface area contributed by atoms with Gasteiger partial charge in [-0.2, -0.15) is 0 Å². The van der Waals surface area contributed by atoms with Crippen molar-refractivity contribution in [2.24, 2.45) is 5.73 Å². The molecule has 1 saturated carbocycles. The quantitative estimate of drug-likeness (QED) is 0.683. The van der Waals surface area contributed by atoms with Crippen LogP contribution >= 0.6 is 0 Å². The number of pyridine rings is 1. The molecule has 1 aromatic heterocycles. The molecule has 0 radical (unpaired) electrons. The molecule has 13 heavy (non-hydrogen) atoms. The van der Waals surface area contributed by atoms with Crippen molar-refractivity contribution in [3.63, 3.8) is 0 Å². The Morgan fingerprint density at radius 3 is 2.92 bits per heavy atom. The lowest BCUT2D eigenvalue weighted by atomic mass is 9.99. The highest BCUT2D eigenvalue weighted by atomic mass is 16.3. The second-order valence-corrected chi connectivity index (χ2v) is 3.61. The molecule has 3 nitrogen and oxygen atoms in total. The molecular weight excluding hydrogens is 164 g/mol. The number of rotatable bonds is 1. The van der Waals surface area contributed by atoms with Gasteiger partial charge in [-0.3, -0.25) is 4.98 Å². The molecule has 0 saturated heterocycles. The predicted molar refractivity (Wildman–Crippen MR) is 50.5 cm³/mol. The SMILES string of the molecule is NC1CCCC1c1ncccc1O. The third-order valence-corrected chi connectivity index (χ3v) is 2.74. The van der Waals surface area contributed by atoms with Crippen LogP contribution in [0.2, 0.25) is 0 Å². The van der Waals surface area contributed by atoms with Gasteiger partial charge in [-0.15, -0.1) is 0 Å². The number of aromatic hydroxyl groups is 1. The summed E-state index contributed by atoms with van der Waals surface area (Å²) in [5.41, 5.74) is 6.70. The molecule has 70 valence electrons. The first kappa shape index (κ1) is 8.51. The van der Waals surface area contributed by atoms with Crippen molar-refractivity contribution in [3.05, 3.63) is 24.0 Å². The Labute approximate surface area is 77.6 Å². The highest BCUT2D eigenvalue weighted by Gasteiger charge is 2.28. The predicted octanol–water partition coefficient (Wildman–Crippen LogP) is 1.38. The third kappa shape index (κ3) is 1.52. The highest BCUT2D eigenvalue weighted by molar-refractivity contribution is 5.30. The van der Waals surface area contributed by atoms with Gasteiger partial charge in [-0.25, -0.2) is 0 Å². The van der Waals surface area contributed by atoms with Crippen molar-refractivity contribution < 1.29 is 5.11 Å². The summed E-state index contributed by atoms with van der Waals surface area (Å²) in [5, 5.41) is 9.57. The van der Waals surface area contributed by atoms with Gasteiger partial charge in [0.25, 0.3) is 0 Å². The fraction of sp³-hybridized carbons (Fsp3) is 0.500. The van der Waals surface area contributed by atoms with E-state index in [0.717, 1.165) is 25.0 Å². The van der Waals surface area contributed by atoms with Gasteiger partial charge in [0.1, 0.15) is 5.75 Å². The monoisotopic (exact) mass is 178 g/mol. The largest absolute Gasteiger partial charge is 0.506 e. The summed E-state index contributed by atoms with van der Waals surface area (Å²) in [6.45, 7) is 0. The van der Waals surface area contributed by atoms with E-state index >= 15 is 0 Å². The highest BCUT2D eigenvalue weighted by Crippen LogP contribution is 2.35. The van der Waals surface area contributed by atoms with Gasteiger partial charge in [0, 0.05) is 18.2 Å². The Bertz CT molecular complexity index is 301. The van der Waals surface area contributed by atoms with E-state index in [1.54, 1.807) is 18.3 Å². The van der Waals surface area contributed by atoms with E-state index in [-0.39, 0.29) is 17.7 Å². The molecule has 0 aromatic carbocycles. The second-order valence-electron chi connectivity index (χ2n) is 3.61. The lowest BCUT2D eigenvalue weighted by molar-refractivity contribution is 0.449. The molecule has 1 aliphatic rings. The molecule has 1 aliphatic carbocycles. The Morgan fingerprint density at radius 1 is 1.46 bits per heavy atom. The zero-order valence-electron chi connectivity index (χ0n) is 7.48. The van der Waals surface area contributed by atoms with Crippen molar-refractivity contribution >= 4 is 0 Å². The van der Waals surface area contributed by atoms with Crippen LogP contribution < -0.4 is 5.73 Å². The van der Waals surface area contributed by atoms with E-state index in [4.69, 9.17) is 5.73 Å². The van der Waals surface area contributed by atoms with Crippen molar-refractivity contribution in [2.75, 3.05) is 0 Å². The van der Waals surface area contributed by atoms with Gasteiger partial charge in [0.05, 0.1) is 5.69 Å². The number of hydrogen-bond acceptors (Lipinski definition) is 3. The lowest BCUT2D eigenvalue weighted by Gasteiger charge is -2.15. The van der Waals surface area contributed by atoms with E-state index in [0.29, 0.717) is 0 Å². The van der Waals surface area contributed by atoms with Gasteiger partial charge in [-0.1, -0.05) is 6.42 Å². The molecule has 2 atom stereocenters. The summed E-state index contributed by atoms with van der Waals surface area (Å²) >= 11 is 0. The van der Waals surface area contributed by atoms with Crippen LogP contribution in [-0.4, -0.2) is 16.1 Å². The van der Waals surface area contributed by atoms with E-state index in [9.17, 15) is 5.11 Å². The number of nitrogens with zero attached hydrogens (tertiary/aromatic N) is 1. The standard InChI is InChI=1S/C10H14N2O/c11-8-4-1-3-7(8)10-9(13)5-2-6-12-10/h2,5-8,13H,1,3-4,11H2. The lowest BCUT2D eigenvalue weighted by Crippen LogP contribution is -2.23. The number of nitrogens with two attached hydrogens (primary N) is 1. The maximum absolute atomic E-state index is 9.57. The summed E-state index contributed by atoms with van der Waals surface area (Å²) in [5.74, 6) is 0.533. The molecule has 0 bridgehead atoms. The van der Waals surface area contributed by atoms with Crippen LogP contribution in [0.25, 0.3) is 0 Å². The minimum absolute atomic E-state index is 0.167. The molecule has 2 rings (SSSR count). The van der Waals surface area contributed by atoms with Crippen LogP contribution in [0.4, 0.5) is 0 Å². The smallest absolute Gasteiger partial charge is 0.137 e. The minimum Gasteiger partial charge on any atom is -0.506 e. The van der Waals surface area contributed by atoms with E-state index in [1.165, 1.54) is 0 Å². The summed E-state index contributed by atoms with van der Waals surface area (Å²) in [7, 11) is 0. The molecule has 1 aromatic rings. The zero-order chi connectivity index (χ0) is 9.26. The van der Waals surface area contributed by atoms with Gasteiger partial charge >= 0.3 is 0 Å². The maximum atomic E-state index is 9.57. The molecule has 3 N–H and O–H groups in total. The van der Waals surface area contributed by atoms with Crippen LogP contribution in [0.15, 0.2) is 18.3 Å². The average Bonchev–Trinajstić information content (AvgIpc) is 2.52. The molecule has 0 amide bonds. The summed E-state index contributed by atoms with van der Waals surface area (Å²) in [6.07, 6.45) is 4.94. The van der Waals surface area contributed by atoms with E-state index in [1.807, 2.05) is 0 Å².